The van der Waals surface area contributed by atoms with Gasteiger partial charge in [0.1, 0.15) is 0 Å². The highest BCUT2D eigenvalue weighted by Gasteiger charge is 2.32. The molecule has 1 unspecified atom stereocenters. The van der Waals surface area contributed by atoms with Crippen LogP contribution in [-0.4, -0.2) is 51.0 Å². The summed E-state index contributed by atoms with van der Waals surface area (Å²) in [4.78, 5) is 2.22. The van der Waals surface area contributed by atoms with Crippen molar-refractivity contribution in [3.63, 3.8) is 0 Å². The molecule has 0 bridgehead atoms. The zero-order valence-electron chi connectivity index (χ0n) is 10.4. The molecule has 2 N–H and O–H groups in total. The van der Waals surface area contributed by atoms with Crippen LogP contribution in [-0.2, 0) is 9.84 Å². The minimum atomic E-state index is -2.84. The number of nitrogens with zero attached hydrogens (tertiary/aromatic N) is 1. The molecule has 1 aliphatic rings. The van der Waals surface area contributed by atoms with Crippen LogP contribution in [0.2, 0.25) is 0 Å². The van der Waals surface area contributed by atoms with Crippen LogP contribution < -0.4 is 5.73 Å². The second-order valence-electron chi connectivity index (χ2n) is 5.19. The number of nitrogens with two attached hydrogens (primary N) is 1. The van der Waals surface area contributed by atoms with Crippen LogP contribution in [0, 0.1) is 5.41 Å². The maximum atomic E-state index is 11.6. The van der Waals surface area contributed by atoms with Crippen molar-refractivity contribution in [2.75, 3.05) is 37.7 Å². The highest BCUT2D eigenvalue weighted by Crippen LogP contribution is 2.28. The SMILES string of the molecule is CCCS(=O)(=O)CCN1CCC(C)(CN)C1. The molecule has 0 aromatic carbocycles. The third-order valence-corrected chi connectivity index (χ3v) is 5.20. The van der Waals surface area contributed by atoms with Crippen molar-refractivity contribution in [3.8, 4) is 0 Å². The maximum Gasteiger partial charge on any atom is 0.151 e. The smallest absolute Gasteiger partial charge is 0.151 e. The molecule has 16 heavy (non-hydrogen) atoms. The Labute approximate surface area is 99.1 Å². The zero-order chi connectivity index (χ0) is 12.2. The van der Waals surface area contributed by atoms with E-state index in [0.29, 0.717) is 31.0 Å². The predicted molar refractivity (Wildman–Crippen MR) is 67.2 cm³/mol. The Morgan fingerprint density at radius 2 is 2.06 bits per heavy atom. The molecule has 1 heterocycles. The third-order valence-electron chi connectivity index (χ3n) is 3.36. The first-order chi connectivity index (χ1) is 7.41. The lowest BCUT2D eigenvalue weighted by atomic mass is 9.90. The molecule has 1 aliphatic heterocycles. The van der Waals surface area contributed by atoms with E-state index in [2.05, 4.69) is 11.8 Å². The molecule has 5 heteroatoms. The van der Waals surface area contributed by atoms with Crippen LogP contribution in [0.15, 0.2) is 0 Å². The van der Waals surface area contributed by atoms with Gasteiger partial charge in [-0.3, -0.25) is 0 Å². The molecule has 0 aliphatic carbocycles. The van der Waals surface area contributed by atoms with Gasteiger partial charge < -0.3 is 10.6 Å². The molecule has 0 spiro atoms. The van der Waals surface area contributed by atoms with E-state index in [1.807, 2.05) is 6.92 Å². The summed E-state index contributed by atoms with van der Waals surface area (Å²) in [6, 6.07) is 0. The molecular formula is C11H24N2O2S. The fourth-order valence-corrected chi connectivity index (χ4v) is 3.53. The number of hydrogen-bond acceptors (Lipinski definition) is 4. The Balaban J connectivity index is 2.36. The Bertz CT molecular complexity index is 316. The maximum absolute atomic E-state index is 11.6. The van der Waals surface area contributed by atoms with Crippen LogP contribution in [0.4, 0.5) is 0 Å². The molecule has 0 amide bonds. The number of rotatable bonds is 6. The molecule has 1 rings (SSSR count). The summed E-state index contributed by atoms with van der Waals surface area (Å²) in [5.41, 5.74) is 5.90. The van der Waals surface area contributed by atoms with Crippen LogP contribution in [0.1, 0.15) is 26.7 Å². The molecule has 0 aromatic rings. The molecule has 4 nitrogen and oxygen atoms in total. The summed E-state index contributed by atoms with van der Waals surface area (Å²) < 4.78 is 23.1. The lowest BCUT2D eigenvalue weighted by Gasteiger charge is -2.22. The first-order valence-corrected chi connectivity index (χ1v) is 7.86. The van der Waals surface area contributed by atoms with Crippen molar-refractivity contribution in [2.45, 2.75) is 26.7 Å². The van der Waals surface area contributed by atoms with Gasteiger partial charge in [-0.05, 0) is 31.3 Å². The predicted octanol–water partition coefficient (Wildman–Crippen LogP) is 0.482. The van der Waals surface area contributed by atoms with Crippen molar-refractivity contribution in [2.24, 2.45) is 11.1 Å². The van der Waals surface area contributed by atoms with E-state index in [9.17, 15) is 8.42 Å². The molecule has 96 valence electrons. The van der Waals surface area contributed by atoms with E-state index in [0.717, 1.165) is 19.5 Å². The average Bonchev–Trinajstić information content (AvgIpc) is 2.59. The van der Waals surface area contributed by atoms with Gasteiger partial charge in [-0.25, -0.2) is 8.42 Å². The topological polar surface area (TPSA) is 63.4 Å². The average molecular weight is 248 g/mol. The van der Waals surface area contributed by atoms with Crippen molar-refractivity contribution in [1.82, 2.24) is 4.90 Å². The summed E-state index contributed by atoms with van der Waals surface area (Å²) >= 11 is 0. The van der Waals surface area contributed by atoms with Gasteiger partial charge in [0.05, 0.1) is 5.75 Å². The zero-order valence-corrected chi connectivity index (χ0v) is 11.2. The van der Waals surface area contributed by atoms with E-state index in [4.69, 9.17) is 5.73 Å². The minimum Gasteiger partial charge on any atom is -0.330 e. The van der Waals surface area contributed by atoms with Gasteiger partial charge in [0.2, 0.25) is 0 Å². The summed E-state index contributed by atoms with van der Waals surface area (Å²) in [5, 5.41) is 0. The molecule has 0 aromatic heterocycles. The lowest BCUT2D eigenvalue weighted by Crippen LogP contribution is -2.33. The molecule has 0 saturated carbocycles. The third kappa shape index (κ3) is 4.03. The number of likely N-dealkylation sites (tertiary alicyclic amines) is 1. The highest BCUT2D eigenvalue weighted by atomic mass is 32.2. The standard InChI is InChI=1S/C11H24N2O2S/c1-3-7-16(14,15)8-6-13-5-4-11(2,9-12)10-13/h3-10,12H2,1-2H3. The monoisotopic (exact) mass is 248 g/mol. The Hall–Kier alpha value is -0.130. The van der Waals surface area contributed by atoms with Crippen LogP contribution in [0.3, 0.4) is 0 Å². The summed E-state index contributed by atoms with van der Waals surface area (Å²) in [6.45, 7) is 7.34. The van der Waals surface area contributed by atoms with Crippen molar-refractivity contribution in [1.29, 1.82) is 0 Å². The largest absolute Gasteiger partial charge is 0.330 e. The van der Waals surface area contributed by atoms with Gasteiger partial charge in [-0.15, -0.1) is 0 Å². The van der Waals surface area contributed by atoms with E-state index >= 15 is 0 Å². The van der Waals surface area contributed by atoms with Crippen molar-refractivity contribution >= 4 is 9.84 Å². The number of hydrogen-bond donors (Lipinski definition) is 1. The molecular weight excluding hydrogens is 224 g/mol. The normalized spacial score (nSPS) is 27.4. The van der Waals surface area contributed by atoms with Crippen molar-refractivity contribution in [3.05, 3.63) is 0 Å². The van der Waals surface area contributed by atoms with Gasteiger partial charge in [-0.1, -0.05) is 13.8 Å². The molecule has 1 saturated heterocycles. The Morgan fingerprint density at radius 3 is 2.56 bits per heavy atom. The first-order valence-electron chi connectivity index (χ1n) is 6.04. The van der Waals surface area contributed by atoms with Gasteiger partial charge >= 0.3 is 0 Å². The molecule has 1 atom stereocenters. The summed E-state index contributed by atoms with van der Waals surface area (Å²) in [5.74, 6) is 0.608. The Kier molecular flexibility index (Phi) is 4.76. The van der Waals surface area contributed by atoms with E-state index < -0.39 is 9.84 Å². The first kappa shape index (κ1) is 13.9. The van der Waals surface area contributed by atoms with Gasteiger partial charge in [0.25, 0.3) is 0 Å². The van der Waals surface area contributed by atoms with E-state index in [1.165, 1.54) is 0 Å². The van der Waals surface area contributed by atoms with Crippen LogP contribution in [0.5, 0.6) is 0 Å². The second-order valence-corrected chi connectivity index (χ2v) is 7.50. The fourth-order valence-electron chi connectivity index (χ4n) is 2.16. The van der Waals surface area contributed by atoms with Crippen molar-refractivity contribution < 1.29 is 8.42 Å². The number of sulfone groups is 1. The minimum absolute atomic E-state index is 0.189. The van der Waals surface area contributed by atoms with E-state index in [-0.39, 0.29) is 5.41 Å². The molecule has 1 fully saturated rings. The van der Waals surface area contributed by atoms with Gasteiger partial charge in [-0.2, -0.15) is 0 Å². The fraction of sp³-hybridized carbons (Fsp3) is 1.00. The van der Waals surface area contributed by atoms with Crippen LogP contribution >= 0.6 is 0 Å². The molecule has 0 radical (unpaired) electrons. The van der Waals surface area contributed by atoms with Gasteiger partial charge in [0, 0.05) is 18.8 Å². The highest BCUT2D eigenvalue weighted by molar-refractivity contribution is 7.91. The Morgan fingerprint density at radius 1 is 1.38 bits per heavy atom. The van der Waals surface area contributed by atoms with E-state index in [1.54, 1.807) is 0 Å². The summed E-state index contributed by atoms with van der Waals surface area (Å²) in [7, 11) is -2.84. The quantitative estimate of drug-likeness (QED) is 0.743. The van der Waals surface area contributed by atoms with Crippen LogP contribution in [0.25, 0.3) is 0 Å². The summed E-state index contributed by atoms with van der Waals surface area (Å²) in [6.07, 6.45) is 1.79. The lowest BCUT2D eigenvalue weighted by molar-refractivity contribution is 0.291. The second kappa shape index (κ2) is 5.47. The van der Waals surface area contributed by atoms with Gasteiger partial charge in [0.15, 0.2) is 9.84 Å².